The SMILES string of the molecule is CC(Br)c1cn(CCN2CCOCC2)nn1. The highest BCUT2D eigenvalue weighted by atomic mass is 79.9. The second-order valence-corrected chi connectivity index (χ2v) is 5.35. The average Bonchev–Trinajstić information content (AvgIpc) is 2.76. The number of hydrogen-bond donors (Lipinski definition) is 0. The van der Waals surface area contributed by atoms with Crippen molar-refractivity contribution < 1.29 is 4.74 Å². The summed E-state index contributed by atoms with van der Waals surface area (Å²) in [5.74, 6) is 0. The summed E-state index contributed by atoms with van der Waals surface area (Å²) in [4.78, 5) is 2.66. The molecule has 1 fully saturated rings. The molecule has 0 aromatic carbocycles. The van der Waals surface area contributed by atoms with E-state index >= 15 is 0 Å². The van der Waals surface area contributed by atoms with E-state index in [9.17, 15) is 0 Å². The zero-order valence-electron chi connectivity index (χ0n) is 9.47. The van der Waals surface area contributed by atoms with Gasteiger partial charge in [-0.05, 0) is 6.92 Å². The molecule has 1 saturated heterocycles. The molecule has 6 heteroatoms. The highest BCUT2D eigenvalue weighted by Crippen LogP contribution is 2.17. The number of rotatable bonds is 4. The molecule has 0 bridgehead atoms. The molecule has 1 aliphatic rings. The van der Waals surface area contributed by atoms with Gasteiger partial charge in [0.1, 0.15) is 0 Å². The number of halogens is 1. The number of alkyl halides is 1. The van der Waals surface area contributed by atoms with Gasteiger partial charge in [0.2, 0.25) is 0 Å². The van der Waals surface area contributed by atoms with E-state index < -0.39 is 0 Å². The molecule has 0 amide bonds. The van der Waals surface area contributed by atoms with Gasteiger partial charge in [-0.1, -0.05) is 21.1 Å². The van der Waals surface area contributed by atoms with Gasteiger partial charge in [-0.25, -0.2) is 0 Å². The fraction of sp³-hybridized carbons (Fsp3) is 0.800. The van der Waals surface area contributed by atoms with Gasteiger partial charge in [0.25, 0.3) is 0 Å². The lowest BCUT2D eigenvalue weighted by atomic mass is 10.4. The Morgan fingerprint density at radius 3 is 2.81 bits per heavy atom. The van der Waals surface area contributed by atoms with Crippen molar-refractivity contribution in [3.05, 3.63) is 11.9 Å². The molecular formula is C10H17BrN4O. The highest BCUT2D eigenvalue weighted by Gasteiger charge is 2.11. The normalized spacial score (nSPS) is 19.9. The van der Waals surface area contributed by atoms with Gasteiger partial charge >= 0.3 is 0 Å². The number of morpholine rings is 1. The Labute approximate surface area is 104 Å². The zero-order chi connectivity index (χ0) is 11.4. The van der Waals surface area contributed by atoms with E-state index in [0.717, 1.165) is 45.1 Å². The van der Waals surface area contributed by atoms with Gasteiger partial charge in [-0.15, -0.1) is 5.10 Å². The maximum Gasteiger partial charge on any atom is 0.0960 e. The fourth-order valence-electron chi connectivity index (χ4n) is 1.67. The van der Waals surface area contributed by atoms with Crippen LogP contribution in [-0.2, 0) is 11.3 Å². The smallest absolute Gasteiger partial charge is 0.0960 e. The molecular weight excluding hydrogens is 272 g/mol. The van der Waals surface area contributed by atoms with Gasteiger partial charge in [0, 0.05) is 25.8 Å². The summed E-state index contributed by atoms with van der Waals surface area (Å²) in [7, 11) is 0. The maximum absolute atomic E-state index is 5.30. The number of nitrogens with zero attached hydrogens (tertiary/aromatic N) is 4. The molecule has 16 heavy (non-hydrogen) atoms. The van der Waals surface area contributed by atoms with Gasteiger partial charge in [-0.3, -0.25) is 9.58 Å². The lowest BCUT2D eigenvalue weighted by Gasteiger charge is -2.26. The molecule has 0 radical (unpaired) electrons. The molecule has 1 atom stereocenters. The molecule has 1 unspecified atom stereocenters. The van der Waals surface area contributed by atoms with Crippen LogP contribution < -0.4 is 0 Å². The Bertz CT molecular complexity index is 322. The Balaban J connectivity index is 1.79. The molecule has 1 aromatic heterocycles. The highest BCUT2D eigenvalue weighted by molar-refractivity contribution is 9.09. The lowest BCUT2D eigenvalue weighted by molar-refractivity contribution is 0.0359. The minimum atomic E-state index is 0.268. The third-order valence-electron chi connectivity index (χ3n) is 2.71. The van der Waals surface area contributed by atoms with E-state index in [1.165, 1.54) is 0 Å². The van der Waals surface area contributed by atoms with Gasteiger partial charge < -0.3 is 4.74 Å². The second kappa shape index (κ2) is 5.75. The van der Waals surface area contributed by atoms with Crippen molar-refractivity contribution in [1.29, 1.82) is 0 Å². The number of aromatic nitrogens is 3. The predicted molar refractivity (Wildman–Crippen MR) is 64.6 cm³/mol. The predicted octanol–water partition coefficient (Wildman–Crippen LogP) is 1.07. The van der Waals surface area contributed by atoms with Crippen molar-refractivity contribution in [2.75, 3.05) is 32.8 Å². The van der Waals surface area contributed by atoms with Crippen LogP contribution >= 0.6 is 15.9 Å². The molecule has 1 aromatic rings. The Kier molecular flexibility index (Phi) is 4.31. The molecule has 90 valence electrons. The standard InChI is InChI=1S/C10H17BrN4O/c1-9(11)10-8-15(13-12-10)3-2-14-4-6-16-7-5-14/h8-9H,2-7H2,1H3. The van der Waals surface area contributed by atoms with E-state index in [-0.39, 0.29) is 4.83 Å². The van der Waals surface area contributed by atoms with Crippen molar-refractivity contribution in [3.63, 3.8) is 0 Å². The Morgan fingerprint density at radius 1 is 1.44 bits per heavy atom. The maximum atomic E-state index is 5.30. The number of ether oxygens (including phenoxy) is 1. The van der Waals surface area contributed by atoms with E-state index in [0.29, 0.717) is 0 Å². The number of hydrogen-bond acceptors (Lipinski definition) is 4. The summed E-state index contributed by atoms with van der Waals surface area (Å²) >= 11 is 3.48. The minimum absolute atomic E-state index is 0.268. The monoisotopic (exact) mass is 288 g/mol. The third kappa shape index (κ3) is 3.26. The second-order valence-electron chi connectivity index (χ2n) is 3.98. The molecule has 2 heterocycles. The van der Waals surface area contributed by atoms with Crippen LogP contribution in [0.25, 0.3) is 0 Å². The average molecular weight is 289 g/mol. The molecule has 0 N–H and O–H groups in total. The topological polar surface area (TPSA) is 43.2 Å². The van der Waals surface area contributed by atoms with Crippen LogP contribution in [0, 0.1) is 0 Å². The first-order chi connectivity index (χ1) is 7.75. The quantitative estimate of drug-likeness (QED) is 0.778. The van der Waals surface area contributed by atoms with Crippen molar-refractivity contribution in [1.82, 2.24) is 19.9 Å². The Hall–Kier alpha value is -0.460. The van der Waals surface area contributed by atoms with Gasteiger partial charge in [0.15, 0.2) is 0 Å². The molecule has 5 nitrogen and oxygen atoms in total. The van der Waals surface area contributed by atoms with E-state index in [4.69, 9.17) is 4.74 Å². The van der Waals surface area contributed by atoms with Crippen molar-refractivity contribution in [2.24, 2.45) is 0 Å². The van der Waals surface area contributed by atoms with Gasteiger partial charge in [0.05, 0.1) is 30.3 Å². The van der Waals surface area contributed by atoms with Crippen molar-refractivity contribution in [2.45, 2.75) is 18.3 Å². The summed E-state index contributed by atoms with van der Waals surface area (Å²) < 4.78 is 7.21. The molecule has 1 aliphatic heterocycles. The zero-order valence-corrected chi connectivity index (χ0v) is 11.1. The van der Waals surface area contributed by atoms with Crippen molar-refractivity contribution >= 4 is 15.9 Å². The fourth-order valence-corrected chi connectivity index (χ4v) is 1.88. The van der Waals surface area contributed by atoms with Crippen LogP contribution in [0.2, 0.25) is 0 Å². The van der Waals surface area contributed by atoms with Crippen LogP contribution in [0.15, 0.2) is 6.20 Å². The molecule has 0 aliphatic carbocycles. The molecule has 2 rings (SSSR count). The van der Waals surface area contributed by atoms with Gasteiger partial charge in [-0.2, -0.15) is 0 Å². The molecule has 0 spiro atoms. The first-order valence-corrected chi connectivity index (χ1v) is 6.51. The third-order valence-corrected chi connectivity index (χ3v) is 3.18. The van der Waals surface area contributed by atoms with Crippen LogP contribution in [-0.4, -0.2) is 52.7 Å². The van der Waals surface area contributed by atoms with Crippen molar-refractivity contribution in [3.8, 4) is 0 Å². The summed E-state index contributed by atoms with van der Waals surface area (Å²) in [5.41, 5.74) is 0.988. The van der Waals surface area contributed by atoms with E-state index in [2.05, 4.69) is 38.1 Å². The lowest BCUT2D eigenvalue weighted by Crippen LogP contribution is -2.38. The summed E-state index contributed by atoms with van der Waals surface area (Å²) in [6.45, 7) is 7.71. The van der Waals surface area contributed by atoms with E-state index in [1.807, 2.05) is 10.9 Å². The summed E-state index contributed by atoms with van der Waals surface area (Å²) in [6.07, 6.45) is 2.00. The summed E-state index contributed by atoms with van der Waals surface area (Å²) in [6, 6.07) is 0. The van der Waals surface area contributed by atoms with Crippen LogP contribution in [0.5, 0.6) is 0 Å². The van der Waals surface area contributed by atoms with Crippen LogP contribution in [0.4, 0.5) is 0 Å². The van der Waals surface area contributed by atoms with Crippen LogP contribution in [0.3, 0.4) is 0 Å². The summed E-state index contributed by atoms with van der Waals surface area (Å²) in [5, 5.41) is 8.20. The first-order valence-electron chi connectivity index (χ1n) is 5.60. The Morgan fingerprint density at radius 2 is 2.19 bits per heavy atom. The minimum Gasteiger partial charge on any atom is -0.379 e. The molecule has 0 saturated carbocycles. The largest absolute Gasteiger partial charge is 0.379 e. The first kappa shape index (κ1) is 12.0. The van der Waals surface area contributed by atoms with Crippen LogP contribution in [0.1, 0.15) is 17.4 Å². The van der Waals surface area contributed by atoms with E-state index in [1.54, 1.807) is 0 Å².